The van der Waals surface area contributed by atoms with Crippen LogP contribution in [0.5, 0.6) is 0 Å². The van der Waals surface area contributed by atoms with Crippen LogP contribution >= 0.6 is 11.6 Å². The van der Waals surface area contributed by atoms with Crippen molar-refractivity contribution in [2.75, 3.05) is 0 Å². The van der Waals surface area contributed by atoms with E-state index < -0.39 is 34.8 Å². The maximum absolute atomic E-state index is 12.1. The molecular weight excluding hydrogens is 221 g/mol. The summed E-state index contributed by atoms with van der Waals surface area (Å²) in [4.78, 5) is 8.77. The second kappa shape index (κ2) is 2.78. The SMILES string of the molecule is CC1(C)C(C(=O)[O-])C1(Cl)CC(F)(F)F. The minimum Gasteiger partial charge on any atom is -0.550 e. The first kappa shape index (κ1) is 11.6. The molecule has 0 spiro atoms. The molecule has 0 saturated heterocycles. The monoisotopic (exact) mass is 229 g/mol. The van der Waals surface area contributed by atoms with Crippen LogP contribution in [0.1, 0.15) is 20.3 Å². The van der Waals surface area contributed by atoms with Gasteiger partial charge in [0.1, 0.15) is 0 Å². The molecule has 0 aliphatic heterocycles. The van der Waals surface area contributed by atoms with E-state index in [1.54, 1.807) is 0 Å². The fourth-order valence-corrected chi connectivity index (χ4v) is 2.47. The molecule has 0 amide bonds. The van der Waals surface area contributed by atoms with E-state index in [0.717, 1.165) is 0 Å². The first-order valence-electron chi connectivity index (χ1n) is 3.99. The molecule has 82 valence electrons. The van der Waals surface area contributed by atoms with Crippen molar-refractivity contribution in [2.24, 2.45) is 11.3 Å². The van der Waals surface area contributed by atoms with Gasteiger partial charge in [-0.2, -0.15) is 13.2 Å². The number of hydrogen-bond donors (Lipinski definition) is 0. The molecule has 0 N–H and O–H groups in total. The lowest BCUT2D eigenvalue weighted by Crippen LogP contribution is -2.29. The predicted molar refractivity (Wildman–Crippen MR) is 41.5 cm³/mol. The Morgan fingerprint density at radius 1 is 1.50 bits per heavy atom. The van der Waals surface area contributed by atoms with Gasteiger partial charge in [0.2, 0.25) is 0 Å². The number of rotatable bonds is 2. The van der Waals surface area contributed by atoms with E-state index in [1.165, 1.54) is 13.8 Å². The Bertz CT molecular complexity index is 274. The number of aliphatic carboxylic acids is 1. The summed E-state index contributed by atoms with van der Waals surface area (Å²) in [5, 5.41) is 10.5. The van der Waals surface area contributed by atoms with Gasteiger partial charge in [-0.1, -0.05) is 13.8 Å². The lowest BCUT2D eigenvalue weighted by atomic mass is 10.1. The van der Waals surface area contributed by atoms with Crippen LogP contribution in [0.25, 0.3) is 0 Å². The minimum atomic E-state index is -4.46. The predicted octanol–water partition coefficient (Wildman–Crippen LogP) is 1.32. The maximum Gasteiger partial charge on any atom is 0.390 e. The van der Waals surface area contributed by atoms with Crippen molar-refractivity contribution in [3.05, 3.63) is 0 Å². The summed E-state index contributed by atoms with van der Waals surface area (Å²) in [6.07, 6.45) is -5.75. The number of carboxylic acid groups (broad SMARTS) is 1. The van der Waals surface area contributed by atoms with Crippen LogP contribution in [0.15, 0.2) is 0 Å². The van der Waals surface area contributed by atoms with Crippen LogP contribution in [0.2, 0.25) is 0 Å². The summed E-state index contributed by atoms with van der Waals surface area (Å²) in [6.45, 7) is 2.79. The van der Waals surface area contributed by atoms with Gasteiger partial charge >= 0.3 is 6.18 Å². The highest BCUT2D eigenvalue weighted by atomic mass is 35.5. The van der Waals surface area contributed by atoms with Gasteiger partial charge < -0.3 is 9.90 Å². The molecule has 2 nitrogen and oxygen atoms in total. The zero-order chi connectivity index (χ0) is 11.4. The molecule has 1 aliphatic rings. The standard InChI is InChI=1S/C8H10ClF3O2/c1-6(2)4(5(13)14)7(6,9)3-8(10,11)12/h4H,3H2,1-2H3,(H,13,14)/p-1. The van der Waals surface area contributed by atoms with E-state index in [2.05, 4.69) is 0 Å². The van der Waals surface area contributed by atoms with Crippen LogP contribution in [-0.2, 0) is 4.79 Å². The molecule has 1 aliphatic carbocycles. The fourth-order valence-electron chi connectivity index (χ4n) is 1.90. The average Bonchev–Trinajstić information content (AvgIpc) is 2.18. The maximum atomic E-state index is 12.1. The van der Waals surface area contributed by atoms with E-state index in [-0.39, 0.29) is 0 Å². The molecule has 0 aromatic heterocycles. The first-order chi connectivity index (χ1) is 6.02. The molecule has 0 aromatic rings. The lowest BCUT2D eigenvalue weighted by Gasteiger charge is -2.14. The molecule has 6 heteroatoms. The molecular formula is C8H9ClF3O2-. The van der Waals surface area contributed by atoms with E-state index in [4.69, 9.17) is 11.6 Å². The van der Waals surface area contributed by atoms with Crippen molar-refractivity contribution < 1.29 is 23.1 Å². The van der Waals surface area contributed by atoms with Crippen molar-refractivity contribution in [3.8, 4) is 0 Å². The van der Waals surface area contributed by atoms with Crippen LogP contribution < -0.4 is 5.11 Å². The molecule has 1 fully saturated rings. The van der Waals surface area contributed by atoms with Crippen LogP contribution in [-0.4, -0.2) is 17.0 Å². The van der Waals surface area contributed by atoms with Gasteiger partial charge in [0.15, 0.2) is 0 Å². The third-order valence-corrected chi connectivity index (χ3v) is 3.70. The van der Waals surface area contributed by atoms with E-state index in [9.17, 15) is 23.1 Å². The van der Waals surface area contributed by atoms with E-state index in [0.29, 0.717) is 0 Å². The Labute approximate surface area is 84.0 Å². The van der Waals surface area contributed by atoms with Gasteiger partial charge in [-0.05, 0) is 5.41 Å². The van der Waals surface area contributed by atoms with Crippen LogP contribution in [0.4, 0.5) is 13.2 Å². The number of alkyl halides is 4. The number of halogens is 4. The summed E-state index contributed by atoms with van der Waals surface area (Å²) in [7, 11) is 0. The quantitative estimate of drug-likeness (QED) is 0.670. The normalized spacial score (nSPS) is 35.4. The molecule has 2 atom stereocenters. The zero-order valence-corrected chi connectivity index (χ0v) is 8.37. The number of carbonyl (C=O) groups is 1. The average molecular weight is 230 g/mol. The third kappa shape index (κ3) is 1.58. The Balaban J connectivity index is 2.84. The summed E-state index contributed by atoms with van der Waals surface area (Å²) in [6, 6.07) is 0. The van der Waals surface area contributed by atoms with Crippen molar-refractivity contribution in [2.45, 2.75) is 31.3 Å². The highest BCUT2D eigenvalue weighted by Crippen LogP contribution is 2.69. The van der Waals surface area contributed by atoms with E-state index >= 15 is 0 Å². The molecule has 0 radical (unpaired) electrons. The Morgan fingerprint density at radius 2 is 1.93 bits per heavy atom. The molecule has 0 heterocycles. The number of carbonyl (C=O) groups excluding carboxylic acids is 1. The topological polar surface area (TPSA) is 40.1 Å². The van der Waals surface area contributed by atoms with Crippen LogP contribution in [0, 0.1) is 11.3 Å². The summed E-state index contributed by atoms with van der Waals surface area (Å²) < 4.78 is 36.2. The summed E-state index contributed by atoms with van der Waals surface area (Å²) in [5.41, 5.74) is -1.07. The summed E-state index contributed by atoms with van der Waals surface area (Å²) in [5.74, 6) is -2.76. The Morgan fingerprint density at radius 3 is 2.14 bits per heavy atom. The second-order valence-electron chi connectivity index (χ2n) is 4.13. The van der Waals surface area contributed by atoms with Gasteiger partial charge in [-0.25, -0.2) is 0 Å². The second-order valence-corrected chi connectivity index (χ2v) is 4.80. The van der Waals surface area contributed by atoms with Gasteiger partial charge in [-0.15, -0.1) is 11.6 Å². The molecule has 1 rings (SSSR count). The van der Waals surface area contributed by atoms with Crippen LogP contribution in [0.3, 0.4) is 0 Å². The first-order valence-corrected chi connectivity index (χ1v) is 4.37. The van der Waals surface area contributed by atoms with Gasteiger partial charge in [0, 0.05) is 11.9 Å². The van der Waals surface area contributed by atoms with Gasteiger partial charge in [0.05, 0.1) is 11.3 Å². The third-order valence-electron chi connectivity index (χ3n) is 2.86. The summed E-state index contributed by atoms with van der Waals surface area (Å²) >= 11 is 5.64. The number of hydrogen-bond acceptors (Lipinski definition) is 2. The Hall–Kier alpha value is -0.450. The Kier molecular flexibility index (Phi) is 2.31. The molecule has 2 unspecified atom stereocenters. The largest absolute Gasteiger partial charge is 0.550 e. The minimum absolute atomic E-state index is 1.07. The fraction of sp³-hybridized carbons (Fsp3) is 0.875. The molecule has 0 bridgehead atoms. The zero-order valence-electron chi connectivity index (χ0n) is 7.61. The van der Waals surface area contributed by atoms with Crippen molar-refractivity contribution in [1.82, 2.24) is 0 Å². The highest BCUT2D eigenvalue weighted by Gasteiger charge is 2.73. The molecule has 0 aromatic carbocycles. The smallest absolute Gasteiger partial charge is 0.390 e. The number of carboxylic acids is 1. The van der Waals surface area contributed by atoms with Crippen molar-refractivity contribution in [3.63, 3.8) is 0 Å². The molecule has 1 saturated carbocycles. The van der Waals surface area contributed by atoms with E-state index in [1.807, 2.05) is 0 Å². The van der Waals surface area contributed by atoms with Gasteiger partial charge in [-0.3, -0.25) is 0 Å². The van der Waals surface area contributed by atoms with Crippen molar-refractivity contribution in [1.29, 1.82) is 0 Å². The lowest BCUT2D eigenvalue weighted by molar-refractivity contribution is -0.309. The van der Waals surface area contributed by atoms with Gasteiger partial charge in [0.25, 0.3) is 0 Å². The molecule has 14 heavy (non-hydrogen) atoms. The van der Waals surface area contributed by atoms with Crippen molar-refractivity contribution >= 4 is 17.6 Å². The highest BCUT2D eigenvalue weighted by molar-refractivity contribution is 6.29.